The molecule has 0 spiro atoms. The molecule has 0 bridgehead atoms. The number of carbonyl (C=O) groups is 2. The minimum Gasteiger partial charge on any atom is -0.480 e. The third-order valence-electron chi connectivity index (χ3n) is 3.06. The minimum atomic E-state index is -1.06. The lowest BCUT2D eigenvalue weighted by Crippen LogP contribution is -2.47. The Kier molecular flexibility index (Phi) is 6.47. The Labute approximate surface area is 122 Å². The maximum atomic E-state index is 12.1. The van der Waals surface area contributed by atoms with Gasteiger partial charge >= 0.3 is 12.0 Å². The number of carboxylic acids is 1. The van der Waals surface area contributed by atoms with Crippen molar-refractivity contribution in [3.8, 4) is 0 Å². The summed E-state index contributed by atoms with van der Waals surface area (Å²) in [6.45, 7) is 2.18. The van der Waals surface area contributed by atoms with Crippen LogP contribution in [0.1, 0.15) is 24.3 Å². The molecule has 112 valence electrons. The van der Waals surface area contributed by atoms with Crippen LogP contribution in [0.3, 0.4) is 0 Å². The largest absolute Gasteiger partial charge is 0.480 e. The Morgan fingerprint density at radius 3 is 2.75 bits per heavy atom. The van der Waals surface area contributed by atoms with Gasteiger partial charge in [-0.2, -0.15) is 0 Å². The van der Waals surface area contributed by atoms with Gasteiger partial charge in [-0.1, -0.05) is 6.07 Å². The van der Waals surface area contributed by atoms with Gasteiger partial charge < -0.3 is 20.1 Å². The number of carboxylic acid groups (broad SMARTS) is 1. The van der Waals surface area contributed by atoms with Crippen molar-refractivity contribution in [1.82, 2.24) is 10.2 Å². The molecule has 1 heterocycles. The zero-order valence-electron chi connectivity index (χ0n) is 11.8. The van der Waals surface area contributed by atoms with E-state index >= 15 is 0 Å². The number of hydrogen-bond acceptors (Lipinski definition) is 4. The predicted octanol–water partition coefficient (Wildman–Crippen LogP) is 1.94. The van der Waals surface area contributed by atoms with Crippen LogP contribution in [0.4, 0.5) is 4.79 Å². The summed E-state index contributed by atoms with van der Waals surface area (Å²) in [6, 6.07) is 2.40. The molecule has 2 N–H and O–H groups in total. The van der Waals surface area contributed by atoms with Crippen LogP contribution in [0.15, 0.2) is 17.5 Å². The van der Waals surface area contributed by atoms with Gasteiger partial charge in [-0.05, 0) is 18.4 Å². The summed E-state index contributed by atoms with van der Waals surface area (Å²) in [5.41, 5.74) is 0. The zero-order chi connectivity index (χ0) is 15.1. The van der Waals surface area contributed by atoms with Gasteiger partial charge in [0.1, 0.15) is 6.04 Å². The molecular weight excluding hydrogens is 280 g/mol. The number of aliphatic carboxylic acids is 1. The summed E-state index contributed by atoms with van der Waals surface area (Å²) < 4.78 is 4.84. The minimum absolute atomic E-state index is 0.105. The molecule has 6 nitrogen and oxygen atoms in total. The highest BCUT2D eigenvalue weighted by Crippen LogP contribution is 2.23. The Balaban J connectivity index is 2.61. The summed E-state index contributed by atoms with van der Waals surface area (Å²) in [6.07, 6.45) is 0.235. The van der Waals surface area contributed by atoms with Gasteiger partial charge in [-0.3, -0.25) is 0 Å². The number of hydrogen-bond donors (Lipinski definition) is 2. The van der Waals surface area contributed by atoms with Crippen molar-refractivity contribution in [2.45, 2.75) is 25.4 Å². The van der Waals surface area contributed by atoms with Crippen LogP contribution in [0.2, 0.25) is 0 Å². The standard InChI is InChI=1S/C13H20N2O4S/c1-9(11-5-4-8-20-11)15(2)13(18)14-10(12(16)17)6-7-19-3/h4-5,8-10H,6-7H2,1-3H3,(H,14,18)(H,16,17). The molecule has 0 saturated carbocycles. The topological polar surface area (TPSA) is 78.9 Å². The Morgan fingerprint density at radius 2 is 2.25 bits per heavy atom. The van der Waals surface area contributed by atoms with Crippen molar-refractivity contribution in [3.05, 3.63) is 22.4 Å². The average molecular weight is 300 g/mol. The fourth-order valence-corrected chi connectivity index (χ4v) is 2.47. The zero-order valence-corrected chi connectivity index (χ0v) is 12.6. The molecule has 1 aromatic heterocycles. The Bertz CT molecular complexity index is 436. The van der Waals surface area contributed by atoms with E-state index in [9.17, 15) is 9.59 Å². The van der Waals surface area contributed by atoms with Crippen LogP contribution in [-0.4, -0.2) is 48.8 Å². The summed E-state index contributed by atoms with van der Waals surface area (Å²) in [7, 11) is 3.14. The van der Waals surface area contributed by atoms with Crippen LogP contribution in [0.5, 0.6) is 0 Å². The van der Waals surface area contributed by atoms with E-state index < -0.39 is 18.0 Å². The number of methoxy groups -OCH3 is 1. The van der Waals surface area contributed by atoms with Gasteiger partial charge in [-0.25, -0.2) is 9.59 Å². The second kappa shape index (κ2) is 7.86. The van der Waals surface area contributed by atoms with Crippen molar-refractivity contribution in [2.24, 2.45) is 0 Å². The first-order valence-electron chi connectivity index (χ1n) is 6.25. The highest BCUT2D eigenvalue weighted by Gasteiger charge is 2.24. The third kappa shape index (κ3) is 4.50. The van der Waals surface area contributed by atoms with E-state index in [1.54, 1.807) is 18.4 Å². The van der Waals surface area contributed by atoms with Gasteiger partial charge in [0.15, 0.2) is 0 Å². The second-order valence-electron chi connectivity index (χ2n) is 4.42. The predicted molar refractivity (Wildman–Crippen MR) is 76.9 cm³/mol. The number of carbonyl (C=O) groups excluding carboxylic acids is 1. The molecule has 1 aromatic rings. The molecule has 1 rings (SSSR count). The van der Waals surface area contributed by atoms with Crippen molar-refractivity contribution < 1.29 is 19.4 Å². The van der Waals surface area contributed by atoms with E-state index in [2.05, 4.69) is 5.32 Å². The molecule has 7 heteroatoms. The molecule has 2 unspecified atom stereocenters. The van der Waals surface area contributed by atoms with Gasteiger partial charge in [0.25, 0.3) is 0 Å². The quantitative estimate of drug-likeness (QED) is 0.806. The molecule has 20 heavy (non-hydrogen) atoms. The van der Waals surface area contributed by atoms with E-state index in [1.165, 1.54) is 12.0 Å². The number of rotatable bonds is 7. The first-order chi connectivity index (χ1) is 9.47. The van der Waals surface area contributed by atoms with Gasteiger partial charge in [0.05, 0.1) is 6.04 Å². The third-order valence-corrected chi connectivity index (χ3v) is 4.11. The number of nitrogens with zero attached hydrogens (tertiary/aromatic N) is 1. The molecule has 0 saturated heterocycles. The van der Waals surface area contributed by atoms with Gasteiger partial charge in [0, 0.05) is 32.1 Å². The van der Waals surface area contributed by atoms with E-state index in [4.69, 9.17) is 9.84 Å². The Morgan fingerprint density at radius 1 is 1.55 bits per heavy atom. The van der Waals surface area contributed by atoms with Crippen LogP contribution in [-0.2, 0) is 9.53 Å². The summed E-state index contributed by atoms with van der Waals surface area (Å²) in [4.78, 5) is 25.7. The smallest absolute Gasteiger partial charge is 0.326 e. The Hall–Kier alpha value is -1.60. The molecule has 0 fully saturated rings. The SMILES string of the molecule is COCCC(NC(=O)N(C)C(C)c1cccs1)C(=O)O. The number of urea groups is 1. The fourth-order valence-electron chi connectivity index (χ4n) is 1.64. The average Bonchev–Trinajstić information content (AvgIpc) is 2.95. The van der Waals surface area contributed by atoms with E-state index in [1.807, 2.05) is 24.4 Å². The van der Waals surface area contributed by atoms with E-state index in [-0.39, 0.29) is 19.1 Å². The molecule has 0 aliphatic heterocycles. The molecule has 2 atom stereocenters. The summed E-state index contributed by atoms with van der Waals surface area (Å²) in [5.74, 6) is -1.06. The van der Waals surface area contributed by atoms with Crippen LogP contribution >= 0.6 is 11.3 Å². The molecule has 0 aromatic carbocycles. The number of thiophene rings is 1. The highest BCUT2D eigenvalue weighted by molar-refractivity contribution is 7.10. The lowest BCUT2D eigenvalue weighted by atomic mass is 10.2. The normalized spacial score (nSPS) is 13.6. The summed E-state index contributed by atoms with van der Waals surface area (Å²) >= 11 is 1.56. The fraction of sp³-hybridized carbons (Fsp3) is 0.538. The highest BCUT2D eigenvalue weighted by atomic mass is 32.1. The maximum Gasteiger partial charge on any atom is 0.326 e. The van der Waals surface area contributed by atoms with Crippen molar-refractivity contribution in [1.29, 1.82) is 0 Å². The first-order valence-corrected chi connectivity index (χ1v) is 7.13. The van der Waals surface area contributed by atoms with Crippen LogP contribution in [0, 0.1) is 0 Å². The lowest BCUT2D eigenvalue weighted by molar-refractivity contribution is -0.139. The van der Waals surface area contributed by atoms with Crippen LogP contribution < -0.4 is 5.32 Å². The number of nitrogens with one attached hydrogen (secondary N) is 1. The number of amides is 2. The summed E-state index contributed by atoms with van der Waals surface area (Å²) in [5, 5.41) is 13.5. The monoisotopic (exact) mass is 300 g/mol. The van der Waals surface area contributed by atoms with Crippen molar-refractivity contribution in [3.63, 3.8) is 0 Å². The van der Waals surface area contributed by atoms with E-state index in [0.29, 0.717) is 0 Å². The molecule has 0 radical (unpaired) electrons. The maximum absolute atomic E-state index is 12.1. The van der Waals surface area contributed by atoms with Crippen LogP contribution in [0.25, 0.3) is 0 Å². The van der Waals surface area contributed by atoms with Crippen molar-refractivity contribution in [2.75, 3.05) is 20.8 Å². The first kappa shape index (κ1) is 16.5. The second-order valence-corrected chi connectivity index (χ2v) is 5.40. The number of ether oxygens (including phenoxy) is 1. The molecule has 0 aliphatic rings. The van der Waals surface area contributed by atoms with Gasteiger partial charge in [0.2, 0.25) is 0 Å². The molecular formula is C13H20N2O4S. The molecule has 2 amide bonds. The lowest BCUT2D eigenvalue weighted by Gasteiger charge is -2.26. The molecule has 0 aliphatic carbocycles. The van der Waals surface area contributed by atoms with Gasteiger partial charge in [-0.15, -0.1) is 11.3 Å². The van der Waals surface area contributed by atoms with Crippen molar-refractivity contribution >= 4 is 23.3 Å². The van der Waals surface area contributed by atoms with E-state index in [0.717, 1.165) is 4.88 Å².